The van der Waals surface area contributed by atoms with E-state index in [9.17, 15) is 0 Å². The molecular weight excluding hydrogens is 303 g/mol. The third-order valence-electron chi connectivity index (χ3n) is 3.46. The van der Waals surface area contributed by atoms with Crippen LogP contribution in [0.15, 0.2) is 12.1 Å². The molecule has 0 aromatic heterocycles. The Hall–Kier alpha value is -0.150. The second kappa shape index (κ2) is 7.03. The van der Waals surface area contributed by atoms with E-state index in [1.54, 1.807) is 12.1 Å². The Morgan fingerprint density at radius 1 is 1.21 bits per heavy atom. The first-order valence-corrected chi connectivity index (χ1v) is 7.84. The molecule has 2 nitrogen and oxygen atoms in total. The van der Waals surface area contributed by atoms with Gasteiger partial charge in [-0.1, -0.05) is 41.2 Å². The Kier molecular flexibility index (Phi) is 5.64. The SMILES string of the molecule is CC(CC1CCCCN1)Nc1cc(Cl)c(Cl)cc1Cl. The highest BCUT2D eigenvalue weighted by atomic mass is 35.5. The van der Waals surface area contributed by atoms with Crippen LogP contribution in [0.1, 0.15) is 32.6 Å². The maximum Gasteiger partial charge on any atom is 0.0653 e. The fourth-order valence-corrected chi connectivity index (χ4v) is 3.11. The molecule has 0 bridgehead atoms. The first-order chi connectivity index (χ1) is 9.06. The molecule has 0 spiro atoms. The van der Waals surface area contributed by atoms with Crippen LogP contribution < -0.4 is 10.6 Å². The number of hydrogen-bond donors (Lipinski definition) is 2. The van der Waals surface area contributed by atoms with Gasteiger partial charge in [0.05, 0.1) is 20.8 Å². The summed E-state index contributed by atoms with van der Waals surface area (Å²) in [6, 6.07) is 4.40. The third kappa shape index (κ3) is 4.42. The van der Waals surface area contributed by atoms with Gasteiger partial charge in [0.1, 0.15) is 0 Å². The van der Waals surface area contributed by atoms with Gasteiger partial charge in [-0.15, -0.1) is 0 Å². The predicted molar refractivity (Wildman–Crippen MR) is 84.8 cm³/mol. The van der Waals surface area contributed by atoms with Crippen molar-refractivity contribution in [2.24, 2.45) is 0 Å². The highest BCUT2D eigenvalue weighted by Crippen LogP contribution is 2.32. The van der Waals surface area contributed by atoms with E-state index >= 15 is 0 Å². The Morgan fingerprint density at radius 2 is 1.95 bits per heavy atom. The molecule has 2 N–H and O–H groups in total. The molecular formula is C14H19Cl3N2. The summed E-state index contributed by atoms with van der Waals surface area (Å²) in [5.74, 6) is 0. The van der Waals surface area contributed by atoms with Crippen LogP contribution >= 0.6 is 34.8 Å². The van der Waals surface area contributed by atoms with E-state index in [2.05, 4.69) is 17.6 Å². The summed E-state index contributed by atoms with van der Waals surface area (Å²) < 4.78 is 0. The molecule has 2 atom stereocenters. The molecule has 1 aromatic carbocycles. The molecule has 1 aromatic rings. The minimum Gasteiger partial charge on any atom is -0.381 e. The lowest BCUT2D eigenvalue weighted by atomic mass is 9.99. The molecule has 1 saturated heterocycles. The van der Waals surface area contributed by atoms with E-state index < -0.39 is 0 Å². The van der Waals surface area contributed by atoms with E-state index in [0.29, 0.717) is 27.2 Å². The number of nitrogens with one attached hydrogen (secondary N) is 2. The molecule has 0 aliphatic carbocycles. The molecule has 0 radical (unpaired) electrons. The fraction of sp³-hybridized carbons (Fsp3) is 0.571. The van der Waals surface area contributed by atoms with Crippen molar-refractivity contribution in [2.75, 3.05) is 11.9 Å². The minimum absolute atomic E-state index is 0.338. The highest BCUT2D eigenvalue weighted by molar-refractivity contribution is 6.44. The van der Waals surface area contributed by atoms with Gasteiger partial charge in [-0.3, -0.25) is 0 Å². The van der Waals surface area contributed by atoms with Gasteiger partial charge in [0, 0.05) is 12.1 Å². The lowest BCUT2D eigenvalue weighted by Gasteiger charge is -2.27. The Labute approximate surface area is 129 Å². The first-order valence-electron chi connectivity index (χ1n) is 6.70. The zero-order chi connectivity index (χ0) is 13.8. The fourth-order valence-electron chi connectivity index (χ4n) is 2.51. The Balaban J connectivity index is 1.94. The van der Waals surface area contributed by atoms with Crippen molar-refractivity contribution in [1.29, 1.82) is 0 Å². The van der Waals surface area contributed by atoms with Crippen LogP contribution in [-0.4, -0.2) is 18.6 Å². The van der Waals surface area contributed by atoms with E-state index in [-0.39, 0.29) is 0 Å². The topological polar surface area (TPSA) is 24.1 Å². The zero-order valence-electron chi connectivity index (χ0n) is 11.0. The summed E-state index contributed by atoms with van der Waals surface area (Å²) in [6.07, 6.45) is 4.94. The molecule has 1 aliphatic rings. The average molecular weight is 322 g/mol. The monoisotopic (exact) mass is 320 g/mol. The lowest BCUT2D eigenvalue weighted by Crippen LogP contribution is -2.37. The van der Waals surface area contributed by atoms with Gasteiger partial charge in [-0.25, -0.2) is 0 Å². The molecule has 1 aliphatic heterocycles. The van der Waals surface area contributed by atoms with Gasteiger partial charge in [-0.2, -0.15) is 0 Å². The smallest absolute Gasteiger partial charge is 0.0653 e. The molecule has 5 heteroatoms. The summed E-state index contributed by atoms with van der Waals surface area (Å²) in [5.41, 5.74) is 0.847. The Bertz CT molecular complexity index is 431. The second-order valence-corrected chi connectivity index (χ2v) is 6.40. The normalized spacial score (nSPS) is 21.2. The van der Waals surface area contributed by atoms with Crippen molar-refractivity contribution < 1.29 is 0 Å². The molecule has 2 unspecified atom stereocenters. The van der Waals surface area contributed by atoms with Gasteiger partial charge in [0.2, 0.25) is 0 Å². The Morgan fingerprint density at radius 3 is 2.63 bits per heavy atom. The number of anilines is 1. The molecule has 1 fully saturated rings. The zero-order valence-corrected chi connectivity index (χ0v) is 13.2. The van der Waals surface area contributed by atoms with Crippen molar-refractivity contribution in [2.45, 2.75) is 44.7 Å². The predicted octanol–water partition coefficient (Wildman–Crippen LogP) is 4.98. The van der Waals surface area contributed by atoms with Crippen LogP contribution in [0.25, 0.3) is 0 Å². The first kappa shape index (κ1) is 15.2. The van der Waals surface area contributed by atoms with Crippen LogP contribution in [0.4, 0.5) is 5.69 Å². The summed E-state index contributed by atoms with van der Waals surface area (Å²) in [5, 5.41) is 8.58. The average Bonchev–Trinajstić information content (AvgIpc) is 2.37. The second-order valence-electron chi connectivity index (χ2n) is 5.17. The van der Waals surface area contributed by atoms with E-state index in [1.807, 2.05) is 0 Å². The van der Waals surface area contributed by atoms with Gasteiger partial charge in [0.25, 0.3) is 0 Å². The van der Waals surface area contributed by atoms with Gasteiger partial charge in [-0.05, 0) is 44.9 Å². The molecule has 1 heterocycles. The molecule has 2 rings (SSSR count). The maximum absolute atomic E-state index is 6.17. The van der Waals surface area contributed by atoms with Crippen molar-refractivity contribution in [3.63, 3.8) is 0 Å². The molecule has 19 heavy (non-hydrogen) atoms. The molecule has 0 amide bonds. The van der Waals surface area contributed by atoms with E-state index in [1.165, 1.54) is 19.3 Å². The van der Waals surface area contributed by atoms with Crippen LogP contribution in [0, 0.1) is 0 Å². The van der Waals surface area contributed by atoms with Crippen LogP contribution in [-0.2, 0) is 0 Å². The van der Waals surface area contributed by atoms with Crippen LogP contribution in [0.3, 0.4) is 0 Å². The molecule has 0 saturated carbocycles. The van der Waals surface area contributed by atoms with Crippen molar-refractivity contribution >= 4 is 40.5 Å². The van der Waals surface area contributed by atoms with Crippen molar-refractivity contribution in [3.8, 4) is 0 Å². The molecule has 106 valence electrons. The third-order valence-corrected chi connectivity index (χ3v) is 4.50. The number of rotatable bonds is 4. The summed E-state index contributed by atoms with van der Waals surface area (Å²) >= 11 is 18.1. The number of halogens is 3. The largest absolute Gasteiger partial charge is 0.381 e. The number of hydrogen-bond acceptors (Lipinski definition) is 2. The number of benzene rings is 1. The van der Waals surface area contributed by atoms with E-state index in [4.69, 9.17) is 34.8 Å². The van der Waals surface area contributed by atoms with E-state index in [0.717, 1.165) is 18.7 Å². The standard InChI is InChI=1S/C14H19Cl3N2/c1-9(6-10-4-2-3-5-18-10)19-14-8-12(16)11(15)7-13(14)17/h7-10,18-19H,2-6H2,1H3. The van der Waals surface area contributed by atoms with Crippen LogP contribution in [0.2, 0.25) is 15.1 Å². The van der Waals surface area contributed by atoms with Crippen molar-refractivity contribution in [3.05, 3.63) is 27.2 Å². The van der Waals surface area contributed by atoms with Gasteiger partial charge < -0.3 is 10.6 Å². The maximum atomic E-state index is 6.17. The number of piperidine rings is 1. The van der Waals surface area contributed by atoms with Gasteiger partial charge in [0.15, 0.2) is 0 Å². The highest BCUT2D eigenvalue weighted by Gasteiger charge is 2.16. The van der Waals surface area contributed by atoms with Gasteiger partial charge >= 0.3 is 0 Å². The van der Waals surface area contributed by atoms with Crippen LogP contribution in [0.5, 0.6) is 0 Å². The quantitative estimate of drug-likeness (QED) is 0.764. The lowest BCUT2D eigenvalue weighted by molar-refractivity contribution is 0.371. The summed E-state index contributed by atoms with van der Waals surface area (Å²) in [7, 11) is 0. The van der Waals surface area contributed by atoms with Crippen molar-refractivity contribution in [1.82, 2.24) is 5.32 Å². The summed E-state index contributed by atoms with van der Waals surface area (Å²) in [4.78, 5) is 0. The minimum atomic E-state index is 0.338. The summed E-state index contributed by atoms with van der Waals surface area (Å²) in [6.45, 7) is 3.29.